The molecule has 2 saturated heterocycles. The number of halogens is 2. The van der Waals surface area contributed by atoms with Crippen LogP contribution in [-0.4, -0.2) is 43.8 Å². The monoisotopic (exact) mass is 351 g/mol. The number of nitrogens with one attached hydrogen (secondary N) is 2. The predicted octanol–water partition coefficient (Wildman–Crippen LogP) is 2.37. The maximum absolute atomic E-state index is 13.3. The van der Waals surface area contributed by atoms with Gasteiger partial charge in [-0.25, -0.2) is 4.39 Å². The van der Waals surface area contributed by atoms with Crippen LogP contribution in [0.3, 0.4) is 0 Å². The first-order chi connectivity index (χ1) is 11.6. The van der Waals surface area contributed by atoms with E-state index in [9.17, 15) is 9.18 Å². The van der Waals surface area contributed by atoms with Crippen LogP contribution in [0.2, 0.25) is 5.02 Å². The zero-order valence-corrected chi connectivity index (χ0v) is 14.3. The van der Waals surface area contributed by atoms with Crippen molar-refractivity contribution in [3.8, 4) is 0 Å². The summed E-state index contributed by atoms with van der Waals surface area (Å²) in [4.78, 5) is 14.7. The molecule has 1 amide bonds. The number of benzene rings is 1. The molecule has 1 aromatic rings. The van der Waals surface area contributed by atoms with Gasteiger partial charge in [-0.2, -0.15) is 0 Å². The maximum Gasteiger partial charge on any atom is 0.237 e. The molecule has 0 radical (unpaired) electrons. The topological polar surface area (TPSA) is 44.4 Å². The van der Waals surface area contributed by atoms with Crippen LogP contribution < -0.4 is 15.5 Å². The molecule has 0 unspecified atom stereocenters. The number of alkyl halides is 1. The molecule has 2 heterocycles. The van der Waals surface area contributed by atoms with Gasteiger partial charge in [0.25, 0.3) is 0 Å². The number of carbonyl (C=O) groups is 1. The lowest BCUT2D eigenvalue weighted by atomic mass is 9.97. The molecule has 4 rings (SSSR count). The number of anilines is 1. The largest absolute Gasteiger partial charge is 0.370 e. The molecule has 1 aliphatic carbocycles. The van der Waals surface area contributed by atoms with Crippen molar-refractivity contribution < 1.29 is 9.18 Å². The van der Waals surface area contributed by atoms with Crippen LogP contribution in [-0.2, 0) is 4.79 Å². The van der Waals surface area contributed by atoms with E-state index in [1.807, 2.05) is 18.2 Å². The van der Waals surface area contributed by atoms with Crippen LogP contribution in [0.5, 0.6) is 0 Å². The minimum absolute atomic E-state index is 0.0445. The van der Waals surface area contributed by atoms with Gasteiger partial charge in [0.2, 0.25) is 5.91 Å². The van der Waals surface area contributed by atoms with Crippen molar-refractivity contribution in [2.24, 2.45) is 11.8 Å². The Hall–Kier alpha value is -1.33. The van der Waals surface area contributed by atoms with Crippen LogP contribution in [0.15, 0.2) is 24.3 Å². The van der Waals surface area contributed by atoms with E-state index in [-0.39, 0.29) is 24.5 Å². The standard InChI is InChI=1S/C18H23ClFN3O/c19-14-3-1-2-4-17(14)23-9-11-5-6-15(13(11)10-23)22-18(24)16-7-12(20)8-21-16/h1-4,11-13,15-16,21H,5-10H2,(H,22,24)/t11-,12-,13+,15+,16+/m1/s1. The van der Waals surface area contributed by atoms with Gasteiger partial charge in [-0.1, -0.05) is 23.7 Å². The van der Waals surface area contributed by atoms with Crippen LogP contribution in [0, 0.1) is 11.8 Å². The molecule has 1 aromatic carbocycles. The summed E-state index contributed by atoms with van der Waals surface area (Å²) in [5, 5.41) is 6.92. The molecule has 2 N–H and O–H groups in total. The summed E-state index contributed by atoms with van der Waals surface area (Å²) in [5.41, 5.74) is 1.08. The van der Waals surface area contributed by atoms with Gasteiger partial charge >= 0.3 is 0 Å². The zero-order chi connectivity index (χ0) is 16.7. The average molecular weight is 352 g/mol. The van der Waals surface area contributed by atoms with Gasteiger partial charge < -0.3 is 15.5 Å². The van der Waals surface area contributed by atoms with E-state index in [1.54, 1.807) is 0 Å². The minimum Gasteiger partial charge on any atom is -0.370 e. The first-order valence-electron chi connectivity index (χ1n) is 8.79. The van der Waals surface area contributed by atoms with Crippen molar-refractivity contribution in [3.05, 3.63) is 29.3 Å². The van der Waals surface area contributed by atoms with Crippen molar-refractivity contribution in [2.45, 2.75) is 37.5 Å². The Morgan fingerprint density at radius 3 is 2.88 bits per heavy atom. The van der Waals surface area contributed by atoms with E-state index >= 15 is 0 Å². The molecule has 3 aliphatic rings. The lowest BCUT2D eigenvalue weighted by Crippen LogP contribution is -2.47. The number of nitrogens with zero attached hydrogens (tertiary/aromatic N) is 1. The molecule has 24 heavy (non-hydrogen) atoms. The summed E-state index contributed by atoms with van der Waals surface area (Å²) >= 11 is 6.33. The highest BCUT2D eigenvalue weighted by atomic mass is 35.5. The number of amides is 1. The third-order valence-electron chi connectivity index (χ3n) is 5.77. The molecular weight excluding hydrogens is 329 g/mol. The lowest BCUT2D eigenvalue weighted by molar-refractivity contribution is -0.123. The van der Waals surface area contributed by atoms with E-state index in [0.29, 0.717) is 18.3 Å². The van der Waals surface area contributed by atoms with Crippen molar-refractivity contribution in [1.29, 1.82) is 0 Å². The molecule has 0 bridgehead atoms. The van der Waals surface area contributed by atoms with Crippen molar-refractivity contribution >= 4 is 23.2 Å². The summed E-state index contributed by atoms with van der Waals surface area (Å²) in [6.07, 6.45) is 1.53. The quantitative estimate of drug-likeness (QED) is 0.878. The third kappa shape index (κ3) is 3.00. The molecule has 4 nitrogen and oxygen atoms in total. The molecule has 130 valence electrons. The molecule has 1 saturated carbocycles. The summed E-state index contributed by atoms with van der Waals surface area (Å²) in [6.45, 7) is 2.20. The summed E-state index contributed by atoms with van der Waals surface area (Å²) < 4.78 is 13.3. The molecule has 6 heteroatoms. The van der Waals surface area contributed by atoms with Gasteiger partial charge in [0.1, 0.15) is 6.17 Å². The molecule has 0 spiro atoms. The van der Waals surface area contributed by atoms with Crippen LogP contribution in [0.1, 0.15) is 19.3 Å². The molecule has 2 aliphatic heterocycles. The highest BCUT2D eigenvalue weighted by Gasteiger charge is 2.44. The van der Waals surface area contributed by atoms with Gasteiger partial charge in [-0.3, -0.25) is 4.79 Å². The Morgan fingerprint density at radius 2 is 2.12 bits per heavy atom. The first kappa shape index (κ1) is 16.2. The number of hydrogen-bond donors (Lipinski definition) is 2. The fourth-order valence-electron chi connectivity index (χ4n) is 4.53. The van der Waals surface area contributed by atoms with Gasteiger partial charge in [-0.05, 0) is 30.9 Å². The summed E-state index contributed by atoms with van der Waals surface area (Å²) in [7, 11) is 0. The Labute approximate surface area is 146 Å². The Bertz CT molecular complexity index is 628. The first-order valence-corrected chi connectivity index (χ1v) is 9.17. The number of fused-ring (bicyclic) bond motifs is 1. The second-order valence-electron chi connectivity index (χ2n) is 7.27. The Kier molecular flexibility index (Phi) is 4.39. The second-order valence-corrected chi connectivity index (χ2v) is 7.67. The maximum atomic E-state index is 13.3. The SMILES string of the molecule is O=C(N[C@H]1CC[C@@H]2CN(c3ccccc3Cl)C[C@@H]21)[C@@H]1C[C@@H](F)CN1. The van der Waals surface area contributed by atoms with Crippen molar-refractivity contribution in [2.75, 3.05) is 24.5 Å². The van der Waals surface area contributed by atoms with Gasteiger partial charge in [0, 0.05) is 38.0 Å². The van der Waals surface area contributed by atoms with E-state index in [4.69, 9.17) is 11.6 Å². The number of rotatable bonds is 3. The van der Waals surface area contributed by atoms with E-state index < -0.39 is 6.17 Å². The van der Waals surface area contributed by atoms with Gasteiger partial charge in [0.05, 0.1) is 16.8 Å². The molecular formula is C18H23ClFN3O. The number of para-hydroxylation sites is 1. The highest BCUT2D eigenvalue weighted by molar-refractivity contribution is 6.33. The van der Waals surface area contributed by atoms with Crippen LogP contribution >= 0.6 is 11.6 Å². The zero-order valence-electron chi connectivity index (χ0n) is 13.6. The molecule has 5 atom stereocenters. The van der Waals surface area contributed by atoms with Crippen molar-refractivity contribution in [1.82, 2.24) is 10.6 Å². The predicted molar refractivity (Wildman–Crippen MR) is 93.1 cm³/mol. The smallest absolute Gasteiger partial charge is 0.237 e. The van der Waals surface area contributed by atoms with E-state index in [2.05, 4.69) is 21.6 Å². The van der Waals surface area contributed by atoms with Gasteiger partial charge in [0.15, 0.2) is 0 Å². The second kappa shape index (κ2) is 6.52. The Balaban J connectivity index is 1.40. The normalized spacial score (nSPS) is 35.2. The summed E-state index contributed by atoms with van der Waals surface area (Å²) in [5.74, 6) is 1.00. The lowest BCUT2D eigenvalue weighted by Gasteiger charge is -2.24. The number of hydrogen-bond acceptors (Lipinski definition) is 3. The minimum atomic E-state index is -0.903. The number of carbonyl (C=O) groups excluding carboxylic acids is 1. The molecule has 0 aromatic heterocycles. The van der Waals surface area contributed by atoms with Crippen LogP contribution in [0.25, 0.3) is 0 Å². The average Bonchev–Trinajstić information content (AvgIpc) is 3.25. The fraction of sp³-hybridized carbons (Fsp3) is 0.611. The van der Waals surface area contributed by atoms with E-state index in [0.717, 1.165) is 36.6 Å². The van der Waals surface area contributed by atoms with Crippen molar-refractivity contribution in [3.63, 3.8) is 0 Å². The summed E-state index contributed by atoms with van der Waals surface area (Å²) in [6, 6.07) is 7.74. The van der Waals surface area contributed by atoms with E-state index in [1.165, 1.54) is 0 Å². The highest BCUT2D eigenvalue weighted by Crippen LogP contribution is 2.41. The molecule has 3 fully saturated rings. The Morgan fingerprint density at radius 1 is 1.29 bits per heavy atom. The van der Waals surface area contributed by atoms with Crippen LogP contribution in [0.4, 0.5) is 10.1 Å². The fourth-order valence-corrected chi connectivity index (χ4v) is 4.78. The van der Waals surface area contributed by atoms with Gasteiger partial charge in [-0.15, -0.1) is 0 Å². The third-order valence-corrected chi connectivity index (χ3v) is 6.09.